The number of nitrogens with one attached hydrogen (secondary N) is 2. The molecule has 0 aliphatic heterocycles. The molecule has 0 heterocycles. The van der Waals surface area contributed by atoms with Crippen LogP contribution in [0.3, 0.4) is 0 Å². The highest BCUT2D eigenvalue weighted by Gasteiger charge is 2.22. The average Bonchev–Trinajstić information content (AvgIpc) is 2.65. The molecule has 28 heavy (non-hydrogen) atoms. The molecule has 6 nitrogen and oxygen atoms in total. The van der Waals surface area contributed by atoms with E-state index in [2.05, 4.69) is 10.6 Å². The van der Waals surface area contributed by atoms with Gasteiger partial charge in [0.15, 0.2) is 6.10 Å². The first kappa shape index (κ1) is 21.8. The van der Waals surface area contributed by atoms with E-state index in [4.69, 9.17) is 4.74 Å². The van der Waals surface area contributed by atoms with Gasteiger partial charge in [-0.1, -0.05) is 19.3 Å². The Kier molecular flexibility index (Phi) is 8.35. The smallest absolute Gasteiger partial charge is 0.306 e. The van der Waals surface area contributed by atoms with Gasteiger partial charge in [-0.3, -0.25) is 14.4 Å². The summed E-state index contributed by atoms with van der Waals surface area (Å²) in [6, 6.07) is 2.83. The molecule has 2 rings (SSSR count). The largest absolute Gasteiger partial charge is 0.453 e. The molecule has 0 bridgehead atoms. The first-order chi connectivity index (χ1) is 13.4. The van der Waals surface area contributed by atoms with Crippen LogP contribution in [-0.2, 0) is 14.3 Å². The molecule has 2 N–H and O–H groups in total. The molecule has 0 radical (unpaired) electrons. The van der Waals surface area contributed by atoms with Gasteiger partial charge in [0.25, 0.3) is 11.8 Å². The number of amides is 2. The number of benzene rings is 1. The fourth-order valence-corrected chi connectivity index (χ4v) is 3.08. The van der Waals surface area contributed by atoms with Crippen LogP contribution in [0.15, 0.2) is 18.2 Å². The predicted octanol–water partition coefficient (Wildman–Crippen LogP) is 2.86. The molecule has 0 saturated heterocycles. The van der Waals surface area contributed by atoms with E-state index in [-0.39, 0.29) is 36.9 Å². The Balaban J connectivity index is 1.64. The lowest BCUT2D eigenvalue weighted by molar-refractivity contribution is -0.155. The summed E-state index contributed by atoms with van der Waals surface area (Å²) < 4.78 is 31.5. The second-order valence-corrected chi connectivity index (χ2v) is 6.96. The lowest BCUT2D eigenvalue weighted by atomic mass is 9.95. The van der Waals surface area contributed by atoms with Crippen molar-refractivity contribution in [2.75, 3.05) is 6.54 Å². The average molecular weight is 396 g/mol. The molecule has 8 heteroatoms. The van der Waals surface area contributed by atoms with Crippen molar-refractivity contribution in [3.05, 3.63) is 35.4 Å². The minimum Gasteiger partial charge on any atom is -0.453 e. The van der Waals surface area contributed by atoms with Gasteiger partial charge in [-0.15, -0.1) is 0 Å². The van der Waals surface area contributed by atoms with Crippen molar-refractivity contribution in [1.82, 2.24) is 10.6 Å². The van der Waals surface area contributed by atoms with Crippen LogP contribution < -0.4 is 10.6 Å². The quantitative estimate of drug-likeness (QED) is 0.523. The zero-order valence-corrected chi connectivity index (χ0v) is 15.9. The van der Waals surface area contributed by atoms with Crippen molar-refractivity contribution < 1.29 is 27.9 Å². The van der Waals surface area contributed by atoms with Gasteiger partial charge in [0.2, 0.25) is 0 Å². The van der Waals surface area contributed by atoms with Crippen molar-refractivity contribution in [2.24, 2.45) is 0 Å². The van der Waals surface area contributed by atoms with Crippen molar-refractivity contribution in [3.8, 4) is 0 Å². The third-order valence-corrected chi connectivity index (χ3v) is 4.65. The monoisotopic (exact) mass is 396 g/mol. The minimum atomic E-state index is -0.949. The van der Waals surface area contributed by atoms with Gasteiger partial charge in [0.05, 0.1) is 5.56 Å². The maximum Gasteiger partial charge on any atom is 0.306 e. The first-order valence-corrected chi connectivity index (χ1v) is 9.60. The van der Waals surface area contributed by atoms with Gasteiger partial charge in [0.1, 0.15) is 11.6 Å². The highest BCUT2D eigenvalue weighted by molar-refractivity contribution is 5.94. The van der Waals surface area contributed by atoms with Crippen LogP contribution in [0.4, 0.5) is 8.78 Å². The molecule has 154 valence electrons. The number of esters is 1. The Morgan fingerprint density at radius 1 is 1.18 bits per heavy atom. The molecule has 1 unspecified atom stereocenters. The van der Waals surface area contributed by atoms with Gasteiger partial charge < -0.3 is 15.4 Å². The fourth-order valence-electron chi connectivity index (χ4n) is 3.08. The van der Waals surface area contributed by atoms with Crippen molar-refractivity contribution in [1.29, 1.82) is 0 Å². The molecule has 2 amide bonds. The Bertz CT molecular complexity index is 705. The summed E-state index contributed by atoms with van der Waals surface area (Å²) in [5, 5.41) is 5.35. The van der Waals surface area contributed by atoms with Gasteiger partial charge in [0, 0.05) is 25.1 Å². The molecule has 0 spiro atoms. The normalized spacial score (nSPS) is 15.5. The highest BCUT2D eigenvalue weighted by Crippen LogP contribution is 2.17. The Hall–Kier alpha value is -2.51. The number of hydrogen-bond acceptors (Lipinski definition) is 4. The van der Waals surface area contributed by atoms with E-state index in [0.717, 1.165) is 37.8 Å². The van der Waals surface area contributed by atoms with E-state index in [1.54, 1.807) is 0 Å². The van der Waals surface area contributed by atoms with Gasteiger partial charge >= 0.3 is 5.97 Å². The van der Waals surface area contributed by atoms with Crippen molar-refractivity contribution in [2.45, 2.75) is 64.0 Å². The second kappa shape index (κ2) is 10.7. The molecule has 1 aromatic rings. The number of rotatable bonds is 8. The molecule has 0 aromatic heterocycles. The van der Waals surface area contributed by atoms with E-state index >= 15 is 0 Å². The number of halogens is 2. The maximum atomic E-state index is 13.5. The minimum absolute atomic E-state index is 0.00717. The number of ether oxygens (including phenoxy) is 1. The molecule has 1 saturated carbocycles. The molecule has 1 aromatic carbocycles. The zero-order chi connectivity index (χ0) is 20.5. The van der Waals surface area contributed by atoms with E-state index < -0.39 is 29.6 Å². The predicted molar refractivity (Wildman–Crippen MR) is 98.5 cm³/mol. The van der Waals surface area contributed by atoms with Crippen LogP contribution in [0.1, 0.15) is 62.2 Å². The third-order valence-electron chi connectivity index (χ3n) is 4.65. The zero-order valence-electron chi connectivity index (χ0n) is 15.9. The van der Waals surface area contributed by atoms with Gasteiger partial charge in [-0.25, -0.2) is 8.78 Å². The highest BCUT2D eigenvalue weighted by atomic mass is 19.1. The van der Waals surface area contributed by atoms with Crippen LogP contribution >= 0.6 is 0 Å². The summed E-state index contributed by atoms with van der Waals surface area (Å²) >= 11 is 0. The lowest BCUT2D eigenvalue weighted by Gasteiger charge is -2.24. The molecule has 1 aliphatic rings. The Morgan fingerprint density at radius 2 is 1.89 bits per heavy atom. The van der Waals surface area contributed by atoms with Crippen LogP contribution in [0.25, 0.3) is 0 Å². The van der Waals surface area contributed by atoms with Crippen LogP contribution in [0.5, 0.6) is 0 Å². The third kappa shape index (κ3) is 6.90. The van der Waals surface area contributed by atoms with E-state index in [1.807, 2.05) is 0 Å². The van der Waals surface area contributed by atoms with Gasteiger partial charge in [-0.2, -0.15) is 0 Å². The molecule has 1 atom stereocenters. The summed E-state index contributed by atoms with van der Waals surface area (Å²) in [5.41, 5.74) is -0.267. The fraction of sp³-hybridized carbons (Fsp3) is 0.550. The lowest BCUT2D eigenvalue weighted by Crippen LogP contribution is -2.42. The Labute approximate surface area is 163 Å². The Morgan fingerprint density at radius 3 is 2.57 bits per heavy atom. The number of hydrogen-bond donors (Lipinski definition) is 2. The summed E-state index contributed by atoms with van der Waals surface area (Å²) in [7, 11) is 0. The SMILES string of the molecule is CC(OC(=O)CCCNC(=O)c1ccc(F)cc1F)C(=O)NC1CCCCC1. The van der Waals surface area contributed by atoms with Crippen molar-refractivity contribution in [3.63, 3.8) is 0 Å². The summed E-state index contributed by atoms with van der Waals surface area (Å²) in [5.74, 6) is -3.26. The molecule has 1 fully saturated rings. The maximum absolute atomic E-state index is 13.5. The van der Waals surface area contributed by atoms with Gasteiger partial charge in [-0.05, 0) is 38.3 Å². The van der Waals surface area contributed by atoms with Crippen LogP contribution in [0, 0.1) is 11.6 Å². The van der Waals surface area contributed by atoms with Crippen LogP contribution in [-0.4, -0.2) is 36.5 Å². The summed E-state index contributed by atoms with van der Waals surface area (Å²) in [6.45, 7) is 1.64. The van der Waals surface area contributed by atoms with E-state index in [0.29, 0.717) is 6.07 Å². The summed E-state index contributed by atoms with van der Waals surface area (Å²) in [6.07, 6.45) is 4.65. The van der Waals surface area contributed by atoms with E-state index in [9.17, 15) is 23.2 Å². The topological polar surface area (TPSA) is 84.5 Å². The van der Waals surface area contributed by atoms with Crippen molar-refractivity contribution >= 4 is 17.8 Å². The van der Waals surface area contributed by atoms with Crippen LogP contribution in [0.2, 0.25) is 0 Å². The first-order valence-electron chi connectivity index (χ1n) is 9.60. The summed E-state index contributed by atoms with van der Waals surface area (Å²) in [4.78, 5) is 35.7. The number of carbonyl (C=O) groups is 3. The number of carbonyl (C=O) groups excluding carboxylic acids is 3. The molecular weight excluding hydrogens is 370 g/mol. The van der Waals surface area contributed by atoms with E-state index in [1.165, 1.54) is 13.3 Å². The molecular formula is C20H26F2N2O4. The standard InChI is InChI=1S/C20H26F2N2O4/c1-13(19(26)24-15-6-3-2-4-7-15)28-18(25)8-5-11-23-20(27)16-10-9-14(21)12-17(16)22/h9-10,12-13,15H,2-8,11H2,1H3,(H,23,27)(H,24,26). The second-order valence-electron chi connectivity index (χ2n) is 6.96. The molecule has 1 aliphatic carbocycles.